The van der Waals surface area contributed by atoms with Crippen LogP contribution in [0.4, 0.5) is 0 Å². The highest BCUT2D eigenvalue weighted by Crippen LogP contribution is 2.35. The molecule has 24 heavy (non-hydrogen) atoms. The van der Waals surface area contributed by atoms with E-state index in [2.05, 4.69) is 28.4 Å². The van der Waals surface area contributed by atoms with E-state index in [-0.39, 0.29) is 17.9 Å². The number of amides is 1. The maximum absolute atomic E-state index is 13.1. The Morgan fingerprint density at radius 2 is 1.96 bits per heavy atom. The lowest BCUT2D eigenvalue weighted by Gasteiger charge is -2.38. The fourth-order valence-corrected chi connectivity index (χ4v) is 4.05. The fourth-order valence-electron chi connectivity index (χ4n) is 3.86. The average molecular weight is 341 g/mol. The molecule has 1 amide bonds. The molecule has 1 saturated heterocycles. The molecule has 2 heterocycles. The van der Waals surface area contributed by atoms with Crippen LogP contribution in [-0.4, -0.2) is 23.9 Å². The number of hydrogen-bond donors (Lipinski definition) is 1. The Hall–Kier alpha value is -1.84. The lowest BCUT2D eigenvalue weighted by molar-refractivity contribution is -0.138. The molecular weight excluding hydrogens is 320 g/mol. The third kappa shape index (κ3) is 2.94. The minimum Gasteiger partial charge on any atom is -0.331 e. The van der Waals surface area contributed by atoms with Gasteiger partial charge in [0.05, 0.1) is 12.0 Å². The molecule has 2 aliphatic rings. The predicted octanol–water partition coefficient (Wildman–Crippen LogP) is 3.58. The van der Waals surface area contributed by atoms with Crippen molar-refractivity contribution in [1.82, 2.24) is 10.2 Å². The molecule has 0 saturated carbocycles. The van der Waals surface area contributed by atoms with Crippen LogP contribution in [0.25, 0.3) is 0 Å². The summed E-state index contributed by atoms with van der Waals surface area (Å²) in [6.07, 6.45) is 1.78. The van der Waals surface area contributed by atoms with E-state index in [0.717, 1.165) is 31.0 Å². The highest BCUT2D eigenvalue weighted by molar-refractivity contribution is 6.30. The topological polar surface area (TPSA) is 32.3 Å². The van der Waals surface area contributed by atoms with Gasteiger partial charge >= 0.3 is 0 Å². The van der Waals surface area contributed by atoms with Crippen molar-refractivity contribution in [3.63, 3.8) is 0 Å². The smallest absolute Gasteiger partial charge is 0.227 e. The second kappa shape index (κ2) is 6.58. The molecule has 3 nitrogen and oxygen atoms in total. The quantitative estimate of drug-likeness (QED) is 0.906. The Bertz CT molecular complexity index is 741. The second-order valence-corrected chi connectivity index (χ2v) is 7.14. The highest BCUT2D eigenvalue weighted by atomic mass is 35.5. The maximum Gasteiger partial charge on any atom is 0.227 e. The van der Waals surface area contributed by atoms with E-state index < -0.39 is 0 Å². The SMILES string of the molecule is O=C(C1CCNC1)N1Cc2cc(Cl)ccc2CC1c1ccccc1. The standard InChI is InChI=1S/C20H21ClN2O/c21-18-7-6-15-11-19(14-4-2-1-3-5-14)23(13-17(15)10-18)20(24)16-8-9-22-12-16/h1-7,10,16,19,22H,8-9,11-13H2. The van der Waals surface area contributed by atoms with Gasteiger partial charge in [-0.1, -0.05) is 48.0 Å². The summed E-state index contributed by atoms with van der Waals surface area (Å²) in [5, 5.41) is 4.04. The van der Waals surface area contributed by atoms with Crippen molar-refractivity contribution < 1.29 is 4.79 Å². The number of rotatable bonds is 2. The van der Waals surface area contributed by atoms with Gasteiger partial charge in [0.15, 0.2) is 0 Å². The van der Waals surface area contributed by atoms with Crippen molar-refractivity contribution in [1.29, 1.82) is 0 Å². The Morgan fingerprint density at radius 1 is 1.12 bits per heavy atom. The van der Waals surface area contributed by atoms with Crippen LogP contribution < -0.4 is 5.32 Å². The number of halogens is 1. The van der Waals surface area contributed by atoms with E-state index >= 15 is 0 Å². The van der Waals surface area contributed by atoms with Crippen molar-refractivity contribution >= 4 is 17.5 Å². The van der Waals surface area contributed by atoms with E-state index in [1.807, 2.05) is 30.3 Å². The van der Waals surface area contributed by atoms with Gasteiger partial charge in [0.25, 0.3) is 0 Å². The first-order valence-corrected chi connectivity index (χ1v) is 8.93. The normalized spacial score (nSPS) is 23.1. The minimum absolute atomic E-state index is 0.0944. The summed E-state index contributed by atoms with van der Waals surface area (Å²) in [5.74, 6) is 0.358. The lowest BCUT2D eigenvalue weighted by atomic mass is 9.88. The second-order valence-electron chi connectivity index (χ2n) is 6.70. The zero-order valence-corrected chi connectivity index (χ0v) is 14.3. The van der Waals surface area contributed by atoms with Gasteiger partial charge in [-0.3, -0.25) is 4.79 Å². The molecule has 2 atom stereocenters. The van der Waals surface area contributed by atoms with Crippen LogP contribution in [0.15, 0.2) is 48.5 Å². The Labute approximate surface area is 147 Å². The van der Waals surface area contributed by atoms with Crippen LogP contribution in [0.5, 0.6) is 0 Å². The Morgan fingerprint density at radius 3 is 2.71 bits per heavy atom. The van der Waals surface area contributed by atoms with Crippen molar-refractivity contribution in [3.05, 3.63) is 70.2 Å². The van der Waals surface area contributed by atoms with Gasteiger partial charge in [-0.2, -0.15) is 0 Å². The zero-order valence-electron chi connectivity index (χ0n) is 13.5. The number of carbonyl (C=O) groups is 1. The molecule has 4 rings (SSSR count). The largest absolute Gasteiger partial charge is 0.331 e. The molecule has 1 fully saturated rings. The van der Waals surface area contributed by atoms with Crippen LogP contribution >= 0.6 is 11.6 Å². The molecule has 124 valence electrons. The van der Waals surface area contributed by atoms with Crippen molar-refractivity contribution in [3.8, 4) is 0 Å². The van der Waals surface area contributed by atoms with Gasteiger partial charge in [0.2, 0.25) is 5.91 Å². The molecule has 2 aliphatic heterocycles. The summed E-state index contributed by atoms with van der Waals surface area (Å²) in [6, 6.07) is 16.5. The zero-order chi connectivity index (χ0) is 16.5. The van der Waals surface area contributed by atoms with E-state index in [1.54, 1.807) is 0 Å². The first-order chi connectivity index (χ1) is 11.7. The van der Waals surface area contributed by atoms with Gasteiger partial charge in [-0.25, -0.2) is 0 Å². The molecule has 2 unspecified atom stereocenters. The summed E-state index contributed by atoms with van der Waals surface area (Å²) in [5.41, 5.74) is 3.67. The highest BCUT2D eigenvalue weighted by Gasteiger charge is 2.35. The first-order valence-electron chi connectivity index (χ1n) is 8.56. The summed E-state index contributed by atoms with van der Waals surface area (Å²) < 4.78 is 0. The van der Waals surface area contributed by atoms with Gasteiger partial charge in [-0.05, 0) is 48.2 Å². The number of nitrogens with one attached hydrogen (secondary N) is 1. The number of carbonyl (C=O) groups excluding carboxylic acids is 1. The van der Waals surface area contributed by atoms with E-state index in [9.17, 15) is 4.79 Å². The monoisotopic (exact) mass is 340 g/mol. The van der Waals surface area contributed by atoms with E-state index in [0.29, 0.717) is 6.54 Å². The number of benzene rings is 2. The molecule has 4 heteroatoms. The third-order valence-electron chi connectivity index (χ3n) is 5.18. The van der Waals surface area contributed by atoms with E-state index in [4.69, 9.17) is 11.6 Å². The molecule has 0 aliphatic carbocycles. The number of hydrogen-bond acceptors (Lipinski definition) is 2. The summed E-state index contributed by atoms with van der Waals surface area (Å²) >= 11 is 6.17. The van der Waals surface area contributed by atoms with Crippen molar-refractivity contribution in [2.45, 2.75) is 25.4 Å². The Kier molecular flexibility index (Phi) is 4.30. The van der Waals surface area contributed by atoms with Crippen LogP contribution in [-0.2, 0) is 17.8 Å². The number of nitrogens with zero attached hydrogens (tertiary/aromatic N) is 1. The third-order valence-corrected chi connectivity index (χ3v) is 5.41. The predicted molar refractivity (Wildman–Crippen MR) is 95.9 cm³/mol. The molecule has 0 radical (unpaired) electrons. The molecular formula is C20H21ClN2O. The summed E-state index contributed by atoms with van der Waals surface area (Å²) in [7, 11) is 0. The Balaban J connectivity index is 1.71. The molecule has 2 aromatic carbocycles. The average Bonchev–Trinajstić information content (AvgIpc) is 3.15. The lowest BCUT2D eigenvalue weighted by Crippen LogP contribution is -2.42. The van der Waals surface area contributed by atoms with Gasteiger partial charge in [0.1, 0.15) is 0 Å². The van der Waals surface area contributed by atoms with Gasteiger partial charge in [-0.15, -0.1) is 0 Å². The fraction of sp³-hybridized carbons (Fsp3) is 0.350. The molecule has 0 bridgehead atoms. The first kappa shape index (κ1) is 15.7. The van der Waals surface area contributed by atoms with Gasteiger partial charge < -0.3 is 10.2 Å². The van der Waals surface area contributed by atoms with Crippen LogP contribution in [0.1, 0.15) is 29.2 Å². The summed E-state index contributed by atoms with van der Waals surface area (Å²) in [4.78, 5) is 15.2. The van der Waals surface area contributed by atoms with Crippen molar-refractivity contribution in [2.24, 2.45) is 5.92 Å². The number of fused-ring (bicyclic) bond motifs is 1. The summed E-state index contributed by atoms with van der Waals surface area (Å²) in [6.45, 7) is 2.37. The molecule has 0 aromatic heterocycles. The maximum atomic E-state index is 13.1. The molecule has 1 N–H and O–H groups in total. The molecule has 2 aromatic rings. The van der Waals surface area contributed by atoms with E-state index in [1.165, 1.54) is 16.7 Å². The van der Waals surface area contributed by atoms with Gasteiger partial charge in [0, 0.05) is 18.1 Å². The van der Waals surface area contributed by atoms with Crippen molar-refractivity contribution in [2.75, 3.05) is 13.1 Å². The minimum atomic E-state index is 0.0944. The van der Waals surface area contributed by atoms with Crippen LogP contribution in [0.2, 0.25) is 5.02 Å². The van der Waals surface area contributed by atoms with Crippen LogP contribution in [0.3, 0.4) is 0 Å². The molecule has 0 spiro atoms. The van der Waals surface area contributed by atoms with Crippen LogP contribution in [0, 0.1) is 5.92 Å².